The van der Waals surface area contributed by atoms with E-state index in [9.17, 15) is 0 Å². The lowest BCUT2D eigenvalue weighted by Gasteiger charge is -1.96. The van der Waals surface area contributed by atoms with Crippen LogP contribution in [0.2, 0.25) is 0 Å². The lowest BCUT2D eigenvalue weighted by atomic mass is 10.4. The summed E-state index contributed by atoms with van der Waals surface area (Å²) >= 11 is 9.47. The highest BCUT2D eigenvalue weighted by Gasteiger charge is 1.91. The molecular formula is C4H9ClS. The molecule has 0 fully saturated rings. The highest BCUT2D eigenvalue weighted by atomic mass is 35.5. The van der Waals surface area contributed by atoms with Gasteiger partial charge in [0.15, 0.2) is 0 Å². The fraction of sp³-hybridized carbons (Fsp3) is 1.00. The molecule has 0 aliphatic heterocycles. The Hall–Kier alpha value is 0.640. The second-order valence-corrected chi connectivity index (χ2v) is 2.26. The molecule has 0 aliphatic rings. The van der Waals surface area contributed by atoms with Crippen LogP contribution in [0.15, 0.2) is 0 Å². The van der Waals surface area contributed by atoms with E-state index in [0.29, 0.717) is 11.1 Å². The molecule has 0 heterocycles. The van der Waals surface area contributed by atoms with Crippen LogP contribution in [0.1, 0.15) is 13.3 Å². The second-order valence-electron chi connectivity index (χ2n) is 1.22. The topological polar surface area (TPSA) is 0 Å². The third-order valence-corrected chi connectivity index (χ3v) is 1.78. The molecule has 0 saturated heterocycles. The monoisotopic (exact) mass is 124 g/mol. The van der Waals surface area contributed by atoms with Crippen LogP contribution in [0.4, 0.5) is 0 Å². The van der Waals surface area contributed by atoms with Crippen molar-refractivity contribution in [3.63, 3.8) is 0 Å². The number of hydrogen-bond acceptors (Lipinski definition) is 1. The van der Waals surface area contributed by atoms with Gasteiger partial charge in [-0.1, -0.05) is 6.92 Å². The number of thiol groups is 1. The fourth-order valence-electron chi connectivity index (χ4n) is 0.109. The maximum Gasteiger partial charge on any atom is 0.0340 e. The van der Waals surface area contributed by atoms with Gasteiger partial charge in [0.05, 0.1) is 0 Å². The Morgan fingerprint density at radius 2 is 2.33 bits per heavy atom. The van der Waals surface area contributed by atoms with Crippen LogP contribution in [0.3, 0.4) is 0 Å². The predicted molar refractivity (Wildman–Crippen MR) is 33.8 cm³/mol. The molecule has 0 amide bonds. The second kappa shape index (κ2) is 3.82. The summed E-state index contributed by atoms with van der Waals surface area (Å²) in [5.74, 6) is 0.666. The molecule has 0 rings (SSSR count). The van der Waals surface area contributed by atoms with Crippen LogP contribution in [0.5, 0.6) is 0 Å². The minimum absolute atomic E-state index is 0.395. The van der Waals surface area contributed by atoms with E-state index < -0.39 is 0 Å². The molecule has 0 aromatic heterocycles. The summed E-state index contributed by atoms with van der Waals surface area (Å²) in [7, 11) is 0. The van der Waals surface area contributed by atoms with E-state index >= 15 is 0 Å². The van der Waals surface area contributed by atoms with Gasteiger partial charge in [0.2, 0.25) is 0 Å². The van der Waals surface area contributed by atoms with Gasteiger partial charge in [-0.2, -0.15) is 12.6 Å². The number of hydrogen-bond donors (Lipinski definition) is 1. The molecule has 0 aliphatic carbocycles. The maximum atomic E-state index is 5.38. The van der Waals surface area contributed by atoms with Crippen LogP contribution in [-0.4, -0.2) is 11.1 Å². The van der Waals surface area contributed by atoms with E-state index in [0.717, 1.165) is 6.42 Å². The average molecular weight is 125 g/mol. The van der Waals surface area contributed by atoms with Crippen molar-refractivity contribution in [2.75, 3.05) is 5.88 Å². The van der Waals surface area contributed by atoms with Crippen molar-refractivity contribution in [2.24, 2.45) is 0 Å². The third-order valence-electron chi connectivity index (χ3n) is 0.649. The lowest BCUT2D eigenvalue weighted by molar-refractivity contribution is 0.920. The molecule has 6 heavy (non-hydrogen) atoms. The van der Waals surface area contributed by atoms with Crippen LogP contribution < -0.4 is 0 Å². The molecule has 0 saturated carbocycles. The van der Waals surface area contributed by atoms with E-state index in [1.54, 1.807) is 0 Å². The summed E-state index contributed by atoms with van der Waals surface area (Å²) in [6.07, 6.45) is 1.06. The Morgan fingerprint density at radius 1 is 1.83 bits per heavy atom. The molecule has 1 atom stereocenters. The summed E-state index contributed by atoms with van der Waals surface area (Å²) in [6.45, 7) is 2.07. The summed E-state index contributed by atoms with van der Waals surface area (Å²) in [5.41, 5.74) is 0. The van der Waals surface area contributed by atoms with E-state index in [-0.39, 0.29) is 0 Å². The molecule has 0 aromatic carbocycles. The normalized spacial score (nSPS) is 14.5. The van der Waals surface area contributed by atoms with Gasteiger partial charge in [0.25, 0.3) is 0 Å². The Labute approximate surface area is 49.3 Å². The average Bonchev–Trinajstić information content (AvgIpc) is 1.65. The summed E-state index contributed by atoms with van der Waals surface area (Å²) in [4.78, 5) is 0. The molecule has 0 bridgehead atoms. The molecule has 0 N–H and O–H groups in total. The van der Waals surface area contributed by atoms with Crippen LogP contribution in [0, 0.1) is 0 Å². The zero-order chi connectivity index (χ0) is 4.99. The van der Waals surface area contributed by atoms with Crippen molar-refractivity contribution >= 4 is 24.2 Å². The zero-order valence-corrected chi connectivity index (χ0v) is 5.47. The molecular weight excluding hydrogens is 116 g/mol. The Morgan fingerprint density at radius 3 is 2.33 bits per heavy atom. The first kappa shape index (κ1) is 6.64. The largest absolute Gasteiger partial charge is 0.175 e. The van der Waals surface area contributed by atoms with E-state index in [1.165, 1.54) is 0 Å². The van der Waals surface area contributed by atoms with Crippen LogP contribution in [-0.2, 0) is 0 Å². The zero-order valence-electron chi connectivity index (χ0n) is 3.82. The number of alkyl halides is 1. The van der Waals surface area contributed by atoms with Gasteiger partial charge in [0, 0.05) is 11.1 Å². The van der Waals surface area contributed by atoms with Crippen LogP contribution >= 0.6 is 24.2 Å². The van der Waals surface area contributed by atoms with Gasteiger partial charge >= 0.3 is 0 Å². The smallest absolute Gasteiger partial charge is 0.0340 e. The minimum Gasteiger partial charge on any atom is -0.175 e. The summed E-state index contributed by atoms with van der Waals surface area (Å²) in [6, 6.07) is 0. The molecule has 0 radical (unpaired) electrons. The van der Waals surface area contributed by atoms with Gasteiger partial charge in [-0.15, -0.1) is 11.6 Å². The molecule has 0 nitrogen and oxygen atoms in total. The minimum atomic E-state index is 0.395. The van der Waals surface area contributed by atoms with E-state index in [2.05, 4.69) is 19.6 Å². The quantitative estimate of drug-likeness (QED) is 0.422. The molecule has 0 aromatic rings. The van der Waals surface area contributed by atoms with Crippen molar-refractivity contribution in [1.82, 2.24) is 0 Å². The van der Waals surface area contributed by atoms with Gasteiger partial charge in [-0.3, -0.25) is 0 Å². The van der Waals surface area contributed by atoms with Crippen molar-refractivity contribution in [2.45, 2.75) is 18.6 Å². The standard InChI is InChI=1S/C4H9ClS/c1-2-4(6)3-5/h4,6H,2-3H2,1H3. The van der Waals surface area contributed by atoms with Gasteiger partial charge in [0.1, 0.15) is 0 Å². The SMILES string of the molecule is CCC(S)CCl. The summed E-state index contributed by atoms with van der Waals surface area (Å²) < 4.78 is 0. The Balaban J connectivity index is 2.75. The summed E-state index contributed by atoms with van der Waals surface area (Å²) in [5, 5.41) is 0.395. The van der Waals surface area contributed by atoms with Crippen molar-refractivity contribution in [3.05, 3.63) is 0 Å². The number of halogens is 1. The lowest BCUT2D eigenvalue weighted by Crippen LogP contribution is -1.94. The predicted octanol–water partition coefficient (Wildman–Crippen LogP) is 1.93. The van der Waals surface area contributed by atoms with Gasteiger partial charge in [-0.05, 0) is 6.42 Å². The fourth-order valence-corrected chi connectivity index (χ4v) is 0.327. The van der Waals surface area contributed by atoms with Gasteiger partial charge < -0.3 is 0 Å². The third kappa shape index (κ3) is 2.86. The van der Waals surface area contributed by atoms with Gasteiger partial charge in [-0.25, -0.2) is 0 Å². The highest BCUT2D eigenvalue weighted by molar-refractivity contribution is 7.81. The van der Waals surface area contributed by atoms with E-state index in [4.69, 9.17) is 11.6 Å². The van der Waals surface area contributed by atoms with Crippen molar-refractivity contribution < 1.29 is 0 Å². The molecule has 0 spiro atoms. The van der Waals surface area contributed by atoms with Crippen molar-refractivity contribution in [3.8, 4) is 0 Å². The molecule has 1 unspecified atom stereocenters. The first-order chi connectivity index (χ1) is 2.81. The highest BCUT2D eigenvalue weighted by Crippen LogP contribution is 2.00. The van der Waals surface area contributed by atoms with E-state index in [1.807, 2.05) is 0 Å². The molecule has 2 heteroatoms. The Kier molecular flexibility index (Phi) is 4.22. The molecule has 38 valence electrons. The first-order valence-electron chi connectivity index (χ1n) is 2.05. The van der Waals surface area contributed by atoms with Crippen LogP contribution in [0.25, 0.3) is 0 Å². The Bertz CT molecular complexity index is 26.7. The maximum absolute atomic E-state index is 5.38. The first-order valence-corrected chi connectivity index (χ1v) is 3.10. The number of rotatable bonds is 2. The van der Waals surface area contributed by atoms with Crippen molar-refractivity contribution in [1.29, 1.82) is 0 Å².